The standard InChI is InChI=1S/C18H27N3O3/c1-14-4-5-15(2)17(12-14)19-18(23)13-21(16(3)22)7-6-20-8-10-24-11-9-20/h4-5,12H,6-11,13H2,1-3H3,(H,19,23). The van der Waals surface area contributed by atoms with E-state index in [0.717, 1.165) is 49.7 Å². The highest BCUT2D eigenvalue weighted by molar-refractivity contribution is 5.94. The summed E-state index contributed by atoms with van der Waals surface area (Å²) in [6, 6.07) is 5.93. The van der Waals surface area contributed by atoms with Crippen LogP contribution in [0.15, 0.2) is 18.2 Å². The molecule has 1 aliphatic rings. The molecule has 6 nitrogen and oxygen atoms in total. The van der Waals surface area contributed by atoms with E-state index >= 15 is 0 Å². The molecule has 1 aliphatic heterocycles. The van der Waals surface area contributed by atoms with E-state index in [0.29, 0.717) is 6.54 Å². The zero-order valence-corrected chi connectivity index (χ0v) is 14.8. The summed E-state index contributed by atoms with van der Waals surface area (Å²) >= 11 is 0. The Hall–Kier alpha value is -1.92. The maximum Gasteiger partial charge on any atom is 0.244 e. The number of morpholine rings is 1. The molecule has 1 N–H and O–H groups in total. The highest BCUT2D eigenvalue weighted by atomic mass is 16.5. The molecule has 1 aromatic carbocycles. The zero-order valence-electron chi connectivity index (χ0n) is 14.8. The second-order valence-electron chi connectivity index (χ2n) is 6.26. The zero-order chi connectivity index (χ0) is 17.5. The van der Waals surface area contributed by atoms with Gasteiger partial charge >= 0.3 is 0 Å². The van der Waals surface area contributed by atoms with Gasteiger partial charge in [0.2, 0.25) is 11.8 Å². The summed E-state index contributed by atoms with van der Waals surface area (Å²) in [5, 5.41) is 2.91. The van der Waals surface area contributed by atoms with Gasteiger partial charge in [-0.15, -0.1) is 0 Å². The lowest BCUT2D eigenvalue weighted by atomic mass is 10.1. The van der Waals surface area contributed by atoms with Gasteiger partial charge in [-0.3, -0.25) is 14.5 Å². The molecule has 6 heteroatoms. The van der Waals surface area contributed by atoms with E-state index in [1.807, 2.05) is 32.0 Å². The van der Waals surface area contributed by atoms with Gasteiger partial charge in [-0.25, -0.2) is 0 Å². The van der Waals surface area contributed by atoms with Gasteiger partial charge in [0.05, 0.1) is 19.8 Å². The Kier molecular flexibility index (Phi) is 6.75. The van der Waals surface area contributed by atoms with Crippen LogP contribution in [0.25, 0.3) is 0 Å². The fraction of sp³-hybridized carbons (Fsp3) is 0.556. The molecule has 0 atom stereocenters. The Balaban J connectivity index is 1.88. The van der Waals surface area contributed by atoms with Gasteiger partial charge in [0, 0.05) is 38.8 Å². The maximum absolute atomic E-state index is 12.3. The van der Waals surface area contributed by atoms with E-state index in [9.17, 15) is 9.59 Å². The van der Waals surface area contributed by atoms with Gasteiger partial charge in [0.1, 0.15) is 0 Å². The minimum atomic E-state index is -0.166. The number of carbonyl (C=O) groups is 2. The molecule has 1 heterocycles. The first-order valence-electron chi connectivity index (χ1n) is 8.38. The number of hydrogen-bond donors (Lipinski definition) is 1. The van der Waals surface area contributed by atoms with Crippen LogP contribution in [0.4, 0.5) is 5.69 Å². The average Bonchev–Trinajstić information content (AvgIpc) is 2.55. The first kappa shape index (κ1) is 18.4. The molecule has 2 amide bonds. The summed E-state index contributed by atoms with van der Waals surface area (Å²) in [4.78, 5) is 28.0. The van der Waals surface area contributed by atoms with Crippen molar-refractivity contribution >= 4 is 17.5 Å². The molecule has 24 heavy (non-hydrogen) atoms. The van der Waals surface area contributed by atoms with Crippen LogP contribution in [-0.2, 0) is 14.3 Å². The van der Waals surface area contributed by atoms with Crippen molar-refractivity contribution in [3.8, 4) is 0 Å². The van der Waals surface area contributed by atoms with Crippen LogP contribution in [0.2, 0.25) is 0 Å². The number of nitrogens with zero attached hydrogens (tertiary/aromatic N) is 2. The molecule has 0 saturated carbocycles. The SMILES string of the molecule is CC(=O)N(CCN1CCOCC1)CC(=O)Nc1cc(C)ccc1C. The first-order chi connectivity index (χ1) is 11.5. The molecule has 2 rings (SSSR count). The topological polar surface area (TPSA) is 61.9 Å². The summed E-state index contributed by atoms with van der Waals surface area (Å²) in [6.07, 6.45) is 0. The highest BCUT2D eigenvalue weighted by Crippen LogP contribution is 2.16. The number of benzene rings is 1. The third kappa shape index (κ3) is 5.62. The molecule has 1 aromatic rings. The van der Waals surface area contributed by atoms with E-state index in [4.69, 9.17) is 4.74 Å². The van der Waals surface area contributed by atoms with E-state index in [-0.39, 0.29) is 18.4 Å². The van der Waals surface area contributed by atoms with Gasteiger partial charge in [-0.2, -0.15) is 0 Å². The van der Waals surface area contributed by atoms with Crippen molar-refractivity contribution in [3.05, 3.63) is 29.3 Å². The van der Waals surface area contributed by atoms with Crippen LogP contribution in [0.5, 0.6) is 0 Å². The Morgan fingerprint density at radius 3 is 2.62 bits per heavy atom. The number of ether oxygens (including phenoxy) is 1. The van der Waals surface area contributed by atoms with Gasteiger partial charge in [-0.05, 0) is 31.0 Å². The van der Waals surface area contributed by atoms with E-state index in [2.05, 4.69) is 10.2 Å². The van der Waals surface area contributed by atoms with Crippen molar-refractivity contribution in [2.24, 2.45) is 0 Å². The highest BCUT2D eigenvalue weighted by Gasteiger charge is 2.17. The summed E-state index contributed by atoms with van der Waals surface area (Å²) in [7, 11) is 0. The van der Waals surface area contributed by atoms with Crippen molar-refractivity contribution in [3.63, 3.8) is 0 Å². The Bertz CT molecular complexity index is 583. The minimum absolute atomic E-state index is 0.0764. The lowest BCUT2D eigenvalue weighted by molar-refractivity contribution is -0.133. The monoisotopic (exact) mass is 333 g/mol. The van der Waals surface area contributed by atoms with Crippen molar-refractivity contribution in [1.29, 1.82) is 0 Å². The predicted molar refractivity (Wildman–Crippen MR) is 94.1 cm³/mol. The Morgan fingerprint density at radius 2 is 1.96 bits per heavy atom. The van der Waals surface area contributed by atoms with E-state index in [1.54, 1.807) is 4.90 Å². The number of amides is 2. The molecule has 0 aromatic heterocycles. The fourth-order valence-corrected chi connectivity index (χ4v) is 2.67. The fourth-order valence-electron chi connectivity index (χ4n) is 2.67. The molecule has 0 aliphatic carbocycles. The largest absolute Gasteiger partial charge is 0.379 e. The molecule has 1 saturated heterocycles. The molecule has 0 unspecified atom stereocenters. The van der Waals surface area contributed by atoms with Crippen molar-refractivity contribution in [2.45, 2.75) is 20.8 Å². The number of rotatable bonds is 6. The quantitative estimate of drug-likeness (QED) is 0.855. The second-order valence-corrected chi connectivity index (χ2v) is 6.26. The van der Waals surface area contributed by atoms with Crippen LogP contribution in [-0.4, -0.2) is 67.6 Å². The third-order valence-corrected chi connectivity index (χ3v) is 4.24. The second kappa shape index (κ2) is 8.80. The Labute approximate surface area is 143 Å². The third-order valence-electron chi connectivity index (χ3n) is 4.24. The van der Waals surface area contributed by atoms with Crippen LogP contribution >= 0.6 is 0 Å². The van der Waals surface area contributed by atoms with E-state index < -0.39 is 0 Å². The molecule has 0 radical (unpaired) electrons. The van der Waals surface area contributed by atoms with Gasteiger partial charge in [0.25, 0.3) is 0 Å². The molecular weight excluding hydrogens is 306 g/mol. The number of anilines is 1. The van der Waals surface area contributed by atoms with Crippen LogP contribution < -0.4 is 5.32 Å². The van der Waals surface area contributed by atoms with Crippen molar-refractivity contribution in [1.82, 2.24) is 9.80 Å². The molecule has 132 valence electrons. The number of aryl methyl sites for hydroxylation is 2. The number of nitrogens with one attached hydrogen (secondary N) is 1. The number of carbonyl (C=O) groups excluding carboxylic acids is 2. The van der Waals surface area contributed by atoms with Crippen molar-refractivity contribution in [2.75, 3.05) is 51.3 Å². The lowest BCUT2D eigenvalue weighted by Gasteiger charge is -2.29. The van der Waals surface area contributed by atoms with Crippen molar-refractivity contribution < 1.29 is 14.3 Å². The lowest BCUT2D eigenvalue weighted by Crippen LogP contribution is -2.44. The van der Waals surface area contributed by atoms with Crippen LogP contribution in [0, 0.1) is 13.8 Å². The average molecular weight is 333 g/mol. The Morgan fingerprint density at radius 1 is 1.25 bits per heavy atom. The summed E-state index contributed by atoms with van der Waals surface area (Å²) in [6.45, 7) is 10.0. The summed E-state index contributed by atoms with van der Waals surface area (Å²) in [5.41, 5.74) is 2.90. The van der Waals surface area contributed by atoms with E-state index in [1.165, 1.54) is 6.92 Å². The van der Waals surface area contributed by atoms with Crippen LogP contribution in [0.1, 0.15) is 18.1 Å². The van der Waals surface area contributed by atoms with Gasteiger partial charge in [-0.1, -0.05) is 12.1 Å². The van der Waals surface area contributed by atoms with Gasteiger partial charge < -0.3 is 15.0 Å². The molecule has 0 spiro atoms. The summed E-state index contributed by atoms with van der Waals surface area (Å²) in [5.74, 6) is -0.250. The summed E-state index contributed by atoms with van der Waals surface area (Å²) < 4.78 is 5.32. The predicted octanol–water partition coefficient (Wildman–Crippen LogP) is 1.42. The van der Waals surface area contributed by atoms with Crippen LogP contribution in [0.3, 0.4) is 0 Å². The smallest absolute Gasteiger partial charge is 0.244 e. The number of hydrogen-bond acceptors (Lipinski definition) is 4. The first-order valence-corrected chi connectivity index (χ1v) is 8.38. The maximum atomic E-state index is 12.3. The van der Waals surface area contributed by atoms with Gasteiger partial charge in [0.15, 0.2) is 0 Å². The minimum Gasteiger partial charge on any atom is -0.379 e. The molecule has 0 bridgehead atoms. The molecule has 1 fully saturated rings. The molecular formula is C18H27N3O3. The normalized spacial score (nSPS) is 15.1.